The van der Waals surface area contributed by atoms with Gasteiger partial charge in [0.2, 0.25) is 5.91 Å². The van der Waals surface area contributed by atoms with Crippen LogP contribution in [0.15, 0.2) is 84.0 Å². The van der Waals surface area contributed by atoms with Crippen molar-refractivity contribution in [3.8, 4) is 0 Å². The van der Waals surface area contributed by atoms with Crippen molar-refractivity contribution < 1.29 is 14.5 Å². The number of carbonyl (C=O) groups is 2. The van der Waals surface area contributed by atoms with Gasteiger partial charge in [0.15, 0.2) is 0 Å². The van der Waals surface area contributed by atoms with Crippen LogP contribution < -0.4 is 10.7 Å². The van der Waals surface area contributed by atoms with E-state index < -0.39 is 22.8 Å². The molecule has 0 aliphatic rings. The van der Waals surface area contributed by atoms with Gasteiger partial charge in [-0.3, -0.25) is 19.7 Å². The fourth-order valence-corrected chi connectivity index (χ4v) is 3.02. The third kappa shape index (κ3) is 6.48. The molecule has 0 aliphatic heterocycles. The average molecular weight is 451 g/mol. The Morgan fingerprint density at radius 3 is 2.44 bits per heavy atom. The number of nitrogens with zero attached hydrogens (tertiary/aromatic N) is 2. The predicted octanol–water partition coefficient (Wildman–Crippen LogP) is 4.26. The summed E-state index contributed by atoms with van der Waals surface area (Å²) in [7, 11) is 0. The zero-order chi connectivity index (χ0) is 22.9. The fraction of sp³-hybridized carbons (Fsp3) is 0.0870. The molecule has 0 saturated heterocycles. The zero-order valence-corrected chi connectivity index (χ0v) is 17.5. The van der Waals surface area contributed by atoms with E-state index in [9.17, 15) is 19.7 Å². The summed E-state index contributed by atoms with van der Waals surface area (Å²) in [5.74, 6) is -0.875. The van der Waals surface area contributed by atoms with Gasteiger partial charge < -0.3 is 5.32 Å². The molecule has 1 atom stereocenters. The molecule has 2 amide bonds. The van der Waals surface area contributed by atoms with Crippen molar-refractivity contribution in [2.45, 2.75) is 12.5 Å². The molecule has 0 radical (unpaired) electrons. The highest BCUT2D eigenvalue weighted by Crippen LogP contribution is 2.22. The summed E-state index contributed by atoms with van der Waals surface area (Å²) in [4.78, 5) is 35.7. The maximum atomic E-state index is 12.6. The van der Waals surface area contributed by atoms with Gasteiger partial charge in [-0.1, -0.05) is 54.1 Å². The number of non-ortho nitro benzene ring substituents is 1. The number of halogens is 1. The molecule has 0 heterocycles. The van der Waals surface area contributed by atoms with Gasteiger partial charge in [0.05, 0.1) is 23.6 Å². The summed E-state index contributed by atoms with van der Waals surface area (Å²) in [6.07, 6.45) is 1.29. The number of rotatable bonds is 8. The number of carbonyl (C=O) groups excluding carboxylic acids is 2. The van der Waals surface area contributed by atoms with Gasteiger partial charge in [-0.05, 0) is 35.4 Å². The third-order valence-corrected chi connectivity index (χ3v) is 4.74. The molecule has 8 nitrogen and oxygen atoms in total. The van der Waals surface area contributed by atoms with Crippen LogP contribution in [-0.2, 0) is 4.79 Å². The van der Waals surface area contributed by atoms with E-state index in [1.54, 1.807) is 60.7 Å². The highest BCUT2D eigenvalue weighted by molar-refractivity contribution is 6.30. The molecule has 162 valence electrons. The summed E-state index contributed by atoms with van der Waals surface area (Å²) >= 11 is 5.84. The third-order valence-electron chi connectivity index (χ3n) is 4.49. The number of hydrogen-bond acceptors (Lipinski definition) is 5. The first-order chi connectivity index (χ1) is 15.4. The van der Waals surface area contributed by atoms with Gasteiger partial charge in [0.1, 0.15) is 0 Å². The van der Waals surface area contributed by atoms with E-state index in [1.807, 2.05) is 0 Å². The molecule has 0 aromatic heterocycles. The Labute approximate surface area is 189 Å². The van der Waals surface area contributed by atoms with E-state index in [1.165, 1.54) is 24.4 Å². The lowest BCUT2D eigenvalue weighted by atomic mass is 10.0. The van der Waals surface area contributed by atoms with Gasteiger partial charge in [0.25, 0.3) is 11.6 Å². The fourth-order valence-electron chi connectivity index (χ4n) is 2.90. The van der Waals surface area contributed by atoms with Gasteiger partial charge in [-0.2, -0.15) is 5.10 Å². The van der Waals surface area contributed by atoms with Crippen molar-refractivity contribution in [3.05, 3.63) is 111 Å². The highest BCUT2D eigenvalue weighted by atomic mass is 35.5. The summed E-state index contributed by atoms with van der Waals surface area (Å²) in [5, 5.41) is 18.4. The van der Waals surface area contributed by atoms with Crippen LogP contribution in [0.4, 0.5) is 5.69 Å². The lowest BCUT2D eigenvalue weighted by Crippen LogP contribution is -2.32. The minimum Gasteiger partial charge on any atom is -0.345 e. The lowest BCUT2D eigenvalue weighted by Gasteiger charge is -2.18. The Balaban J connectivity index is 1.74. The molecule has 0 aliphatic carbocycles. The van der Waals surface area contributed by atoms with Crippen LogP contribution in [0.25, 0.3) is 0 Å². The van der Waals surface area contributed by atoms with E-state index in [4.69, 9.17) is 11.6 Å². The van der Waals surface area contributed by atoms with Gasteiger partial charge >= 0.3 is 0 Å². The highest BCUT2D eigenvalue weighted by Gasteiger charge is 2.21. The number of nitro benzene ring substituents is 1. The zero-order valence-electron chi connectivity index (χ0n) is 16.8. The van der Waals surface area contributed by atoms with Gasteiger partial charge in [-0.15, -0.1) is 0 Å². The largest absolute Gasteiger partial charge is 0.345 e. The second kappa shape index (κ2) is 10.8. The SMILES string of the molecule is O=C(CC(NC(=O)c1ccccc1)c1cccc([N+](=O)[O-])c1)NN=Cc1ccc(Cl)cc1. The number of hydrazone groups is 1. The van der Waals surface area contributed by atoms with Crippen LogP contribution in [0, 0.1) is 10.1 Å². The lowest BCUT2D eigenvalue weighted by molar-refractivity contribution is -0.384. The molecule has 1 unspecified atom stereocenters. The van der Waals surface area contributed by atoms with Gasteiger partial charge in [-0.25, -0.2) is 5.43 Å². The Morgan fingerprint density at radius 1 is 1.03 bits per heavy atom. The van der Waals surface area contributed by atoms with Crippen LogP contribution >= 0.6 is 11.6 Å². The van der Waals surface area contributed by atoms with Gasteiger partial charge in [0, 0.05) is 22.7 Å². The Kier molecular flexibility index (Phi) is 7.66. The molecule has 32 heavy (non-hydrogen) atoms. The number of amides is 2. The predicted molar refractivity (Wildman–Crippen MR) is 122 cm³/mol. The van der Waals surface area contributed by atoms with E-state index in [-0.39, 0.29) is 12.1 Å². The standard InChI is InChI=1S/C23H19ClN4O4/c24-19-11-9-16(10-12-19)15-25-27-22(29)14-21(18-7-4-8-20(13-18)28(31)32)26-23(30)17-5-2-1-3-6-17/h1-13,15,21H,14H2,(H,26,30)(H,27,29). The van der Waals surface area contributed by atoms with E-state index in [0.717, 1.165) is 5.56 Å². The molecule has 0 fully saturated rings. The maximum absolute atomic E-state index is 12.6. The summed E-state index contributed by atoms with van der Waals surface area (Å²) in [6, 6.07) is 20.4. The maximum Gasteiger partial charge on any atom is 0.269 e. The molecular formula is C23H19ClN4O4. The first kappa shape index (κ1) is 22.6. The summed E-state index contributed by atoms with van der Waals surface area (Å²) in [5.41, 5.74) is 3.85. The molecule has 0 saturated carbocycles. The van der Waals surface area contributed by atoms with E-state index in [0.29, 0.717) is 16.1 Å². The minimum atomic E-state index is -0.798. The Bertz CT molecular complexity index is 1130. The first-order valence-electron chi connectivity index (χ1n) is 9.60. The Hall–Kier alpha value is -4.04. The van der Waals surface area contributed by atoms with Crippen molar-refractivity contribution >= 4 is 35.3 Å². The van der Waals surface area contributed by atoms with Crippen LogP contribution in [0.2, 0.25) is 5.02 Å². The monoisotopic (exact) mass is 450 g/mol. The van der Waals surface area contributed by atoms with Crippen molar-refractivity contribution in [2.24, 2.45) is 5.10 Å². The molecule has 3 rings (SSSR count). The van der Waals surface area contributed by atoms with Crippen molar-refractivity contribution in [3.63, 3.8) is 0 Å². The normalized spacial score (nSPS) is 11.7. The van der Waals surface area contributed by atoms with Crippen LogP contribution in [0.3, 0.4) is 0 Å². The molecular weight excluding hydrogens is 432 g/mol. The van der Waals surface area contributed by atoms with E-state index >= 15 is 0 Å². The molecule has 2 N–H and O–H groups in total. The summed E-state index contributed by atoms with van der Waals surface area (Å²) < 4.78 is 0. The molecule has 0 bridgehead atoms. The first-order valence-corrected chi connectivity index (χ1v) is 9.98. The molecule has 3 aromatic carbocycles. The van der Waals surface area contributed by atoms with Crippen LogP contribution in [0.5, 0.6) is 0 Å². The molecule has 0 spiro atoms. The number of nitrogens with one attached hydrogen (secondary N) is 2. The smallest absolute Gasteiger partial charge is 0.269 e. The average Bonchev–Trinajstić information content (AvgIpc) is 2.80. The second-order valence-electron chi connectivity index (χ2n) is 6.79. The van der Waals surface area contributed by atoms with Crippen LogP contribution in [0.1, 0.15) is 33.9 Å². The summed E-state index contributed by atoms with van der Waals surface area (Å²) in [6.45, 7) is 0. The van der Waals surface area contributed by atoms with E-state index in [2.05, 4.69) is 15.8 Å². The second-order valence-corrected chi connectivity index (χ2v) is 7.23. The number of benzene rings is 3. The van der Waals surface area contributed by atoms with Crippen LogP contribution in [-0.4, -0.2) is 23.0 Å². The topological polar surface area (TPSA) is 114 Å². The Morgan fingerprint density at radius 2 is 1.75 bits per heavy atom. The van der Waals surface area contributed by atoms with Crippen molar-refractivity contribution in [1.29, 1.82) is 0 Å². The molecule has 3 aromatic rings. The molecule has 9 heteroatoms. The van der Waals surface area contributed by atoms with Crippen molar-refractivity contribution in [2.75, 3.05) is 0 Å². The number of nitro groups is 1. The number of hydrogen-bond donors (Lipinski definition) is 2. The quantitative estimate of drug-likeness (QED) is 0.303. The minimum absolute atomic E-state index is 0.136. The van der Waals surface area contributed by atoms with Crippen molar-refractivity contribution in [1.82, 2.24) is 10.7 Å².